The van der Waals surface area contributed by atoms with Crippen molar-refractivity contribution in [1.82, 2.24) is 0 Å². The monoisotopic (exact) mass is 381 g/mol. The fourth-order valence-electron chi connectivity index (χ4n) is 3.60. The predicted molar refractivity (Wildman–Crippen MR) is 117 cm³/mol. The van der Waals surface area contributed by atoms with Crippen LogP contribution in [0.15, 0.2) is 109 Å². The first-order valence-electron chi connectivity index (χ1n) is 9.83. The molecule has 1 aliphatic heterocycles. The van der Waals surface area contributed by atoms with E-state index in [0.29, 0.717) is 12.2 Å². The van der Waals surface area contributed by atoms with Crippen molar-refractivity contribution < 1.29 is 9.53 Å². The molecule has 3 heteroatoms. The third-order valence-electron chi connectivity index (χ3n) is 4.96. The standard InChI is InChI=1S/C26H23NO2/c1-2-29-26(28)24-19-27(22-16-10-5-11-17-22)25(21-14-8-4-9-15-21)18-23(24)20-12-6-3-7-13-20/h3-19,25H,2H2,1H3. The highest BCUT2D eigenvalue weighted by atomic mass is 16.5. The van der Waals surface area contributed by atoms with Crippen LogP contribution >= 0.6 is 0 Å². The third-order valence-corrected chi connectivity index (χ3v) is 4.96. The van der Waals surface area contributed by atoms with Gasteiger partial charge in [-0.25, -0.2) is 4.79 Å². The minimum Gasteiger partial charge on any atom is -0.462 e. The molecule has 29 heavy (non-hydrogen) atoms. The molecule has 1 unspecified atom stereocenters. The van der Waals surface area contributed by atoms with Crippen LogP contribution in [0.2, 0.25) is 0 Å². The molecule has 0 saturated carbocycles. The summed E-state index contributed by atoms with van der Waals surface area (Å²) in [4.78, 5) is 15.0. The Bertz CT molecular complexity index is 1020. The van der Waals surface area contributed by atoms with Crippen molar-refractivity contribution in [2.24, 2.45) is 0 Å². The Labute approximate surface area is 171 Å². The molecule has 1 heterocycles. The van der Waals surface area contributed by atoms with E-state index < -0.39 is 0 Å². The van der Waals surface area contributed by atoms with Gasteiger partial charge in [0.25, 0.3) is 0 Å². The largest absolute Gasteiger partial charge is 0.462 e. The summed E-state index contributed by atoms with van der Waals surface area (Å²) in [5.74, 6) is -0.310. The molecule has 0 fully saturated rings. The third kappa shape index (κ3) is 3.99. The first kappa shape index (κ1) is 18.8. The van der Waals surface area contributed by atoms with Crippen LogP contribution in [0, 0.1) is 0 Å². The van der Waals surface area contributed by atoms with Crippen LogP contribution in [-0.4, -0.2) is 12.6 Å². The number of benzene rings is 3. The van der Waals surface area contributed by atoms with E-state index in [2.05, 4.69) is 35.2 Å². The van der Waals surface area contributed by atoms with Crippen molar-refractivity contribution in [3.8, 4) is 0 Å². The van der Waals surface area contributed by atoms with Crippen LogP contribution in [0.5, 0.6) is 0 Å². The molecule has 0 amide bonds. The van der Waals surface area contributed by atoms with E-state index in [1.165, 1.54) is 0 Å². The molecular weight excluding hydrogens is 358 g/mol. The summed E-state index contributed by atoms with van der Waals surface area (Å²) in [6.07, 6.45) is 4.08. The maximum Gasteiger partial charge on any atom is 0.340 e. The van der Waals surface area contributed by atoms with Crippen LogP contribution in [-0.2, 0) is 9.53 Å². The number of hydrogen-bond acceptors (Lipinski definition) is 3. The Hall–Kier alpha value is -3.59. The molecule has 0 spiro atoms. The maximum atomic E-state index is 12.8. The number of hydrogen-bond donors (Lipinski definition) is 0. The fraction of sp³-hybridized carbons (Fsp3) is 0.115. The second-order valence-electron chi connectivity index (χ2n) is 6.81. The Kier molecular flexibility index (Phi) is 5.57. The van der Waals surface area contributed by atoms with Crippen LogP contribution in [0.1, 0.15) is 24.1 Å². The summed E-state index contributed by atoms with van der Waals surface area (Å²) >= 11 is 0. The van der Waals surface area contributed by atoms with Crippen molar-refractivity contribution in [3.05, 3.63) is 120 Å². The minimum absolute atomic E-state index is 0.0352. The van der Waals surface area contributed by atoms with E-state index in [1.807, 2.05) is 79.9 Å². The van der Waals surface area contributed by atoms with Gasteiger partial charge in [-0.1, -0.05) is 78.9 Å². The van der Waals surface area contributed by atoms with Crippen LogP contribution in [0.25, 0.3) is 5.57 Å². The minimum atomic E-state index is -0.310. The molecule has 3 nitrogen and oxygen atoms in total. The van der Waals surface area contributed by atoms with Crippen molar-refractivity contribution >= 4 is 17.2 Å². The zero-order chi connectivity index (χ0) is 20.1. The lowest BCUT2D eigenvalue weighted by atomic mass is 9.90. The average Bonchev–Trinajstić information content (AvgIpc) is 2.80. The number of nitrogens with zero attached hydrogens (tertiary/aromatic N) is 1. The first-order valence-corrected chi connectivity index (χ1v) is 9.83. The number of rotatable bonds is 5. The van der Waals surface area contributed by atoms with E-state index >= 15 is 0 Å². The van der Waals surface area contributed by atoms with Gasteiger partial charge >= 0.3 is 5.97 Å². The average molecular weight is 381 g/mol. The molecule has 0 bridgehead atoms. The second kappa shape index (κ2) is 8.61. The summed E-state index contributed by atoms with van der Waals surface area (Å²) in [5, 5.41) is 0. The smallest absolute Gasteiger partial charge is 0.340 e. The molecule has 0 radical (unpaired) electrons. The van der Waals surface area contributed by atoms with Gasteiger partial charge in [0.1, 0.15) is 0 Å². The van der Waals surface area contributed by atoms with Gasteiger partial charge in [0, 0.05) is 11.9 Å². The van der Waals surface area contributed by atoms with E-state index in [-0.39, 0.29) is 12.0 Å². The normalized spacial score (nSPS) is 16.0. The molecule has 144 valence electrons. The van der Waals surface area contributed by atoms with Crippen molar-refractivity contribution in [3.63, 3.8) is 0 Å². The Morgan fingerprint density at radius 1 is 0.862 bits per heavy atom. The number of anilines is 1. The van der Waals surface area contributed by atoms with Gasteiger partial charge in [-0.3, -0.25) is 0 Å². The Morgan fingerprint density at radius 3 is 2.07 bits per heavy atom. The maximum absolute atomic E-state index is 12.8. The van der Waals surface area contributed by atoms with Gasteiger partial charge in [-0.05, 0) is 41.8 Å². The van der Waals surface area contributed by atoms with Gasteiger partial charge in [-0.2, -0.15) is 0 Å². The highest BCUT2D eigenvalue weighted by Crippen LogP contribution is 2.39. The summed E-state index contributed by atoms with van der Waals surface area (Å²) in [6.45, 7) is 2.17. The lowest BCUT2D eigenvalue weighted by Crippen LogP contribution is -2.28. The predicted octanol–water partition coefficient (Wildman–Crippen LogP) is 5.78. The van der Waals surface area contributed by atoms with Gasteiger partial charge < -0.3 is 9.64 Å². The zero-order valence-corrected chi connectivity index (χ0v) is 16.4. The summed E-state index contributed by atoms with van der Waals surface area (Å²) in [5.41, 5.74) is 4.63. The van der Waals surface area contributed by atoms with Gasteiger partial charge in [0.15, 0.2) is 0 Å². The SMILES string of the molecule is CCOC(=O)C1=CN(c2ccccc2)C(c2ccccc2)C=C1c1ccccc1. The van der Waals surface area contributed by atoms with Gasteiger partial charge in [0.05, 0.1) is 18.2 Å². The van der Waals surface area contributed by atoms with Crippen molar-refractivity contribution in [2.75, 3.05) is 11.5 Å². The fourth-order valence-corrected chi connectivity index (χ4v) is 3.60. The zero-order valence-electron chi connectivity index (χ0n) is 16.4. The summed E-state index contributed by atoms with van der Waals surface area (Å²) in [6, 6.07) is 30.4. The quantitative estimate of drug-likeness (QED) is 0.525. The van der Waals surface area contributed by atoms with E-state index in [9.17, 15) is 4.79 Å². The highest BCUT2D eigenvalue weighted by molar-refractivity contribution is 6.07. The Balaban J connectivity index is 1.88. The van der Waals surface area contributed by atoms with Crippen LogP contribution in [0.3, 0.4) is 0 Å². The van der Waals surface area contributed by atoms with E-state index in [4.69, 9.17) is 4.74 Å². The van der Waals surface area contributed by atoms with Gasteiger partial charge in [0.2, 0.25) is 0 Å². The Morgan fingerprint density at radius 2 is 1.45 bits per heavy atom. The number of carbonyl (C=O) groups excluding carboxylic acids is 1. The molecule has 1 atom stereocenters. The van der Waals surface area contributed by atoms with Gasteiger partial charge in [-0.15, -0.1) is 0 Å². The van der Waals surface area contributed by atoms with E-state index in [0.717, 1.165) is 22.4 Å². The lowest BCUT2D eigenvalue weighted by molar-refractivity contribution is -0.138. The van der Waals surface area contributed by atoms with Crippen LogP contribution < -0.4 is 4.90 Å². The topological polar surface area (TPSA) is 29.5 Å². The molecule has 1 aliphatic rings. The molecule has 0 saturated heterocycles. The molecule has 3 aromatic rings. The first-order chi connectivity index (χ1) is 14.3. The molecule has 0 aromatic heterocycles. The molecule has 0 N–H and O–H groups in total. The number of ether oxygens (including phenoxy) is 1. The molecule has 4 rings (SSSR count). The van der Waals surface area contributed by atoms with Crippen LogP contribution in [0.4, 0.5) is 5.69 Å². The lowest BCUT2D eigenvalue weighted by Gasteiger charge is -2.34. The molecule has 3 aromatic carbocycles. The molecule has 0 aliphatic carbocycles. The second-order valence-corrected chi connectivity index (χ2v) is 6.81. The summed E-state index contributed by atoms with van der Waals surface area (Å²) < 4.78 is 5.38. The molecular formula is C26H23NO2. The highest BCUT2D eigenvalue weighted by Gasteiger charge is 2.29. The van der Waals surface area contributed by atoms with Crippen molar-refractivity contribution in [1.29, 1.82) is 0 Å². The number of esters is 1. The number of carbonyl (C=O) groups is 1. The summed E-state index contributed by atoms with van der Waals surface area (Å²) in [7, 11) is 0. The van der Waals surface area contributed by atoms with Crippen molar-refractivity contribution in [2.45, 2.75) is 13.0 Å². The number of para-hydroxylation sites is 1. The van der Waals surface area contributed by atoms with E-state index in [1.54, 1.807) is 0 Å².